The van der Waals surface area contributed by atoms with Crippen LogP contribution in [0.5, 0.6) is 0 Å². The van der Waals surface area contributed by atoms with Crippen LogP contribution in [-0.4, -0.2) is 30.4 Å². The molecule has 7 nitrogen and oxygen atoms in total. The third-order valence-electron chi connectivity index (χ3n) is 8.83. The highest BCUT2D eigenvalue weighted by Gasteiger charge is 2.34. The SMILES string of the molecule is C=C(/C=C\C(=C/C)C1CCCCC1)c1ccc(Cc2nc(-c3c(Cl)cc(Cl)cc3Cl)cn2-c2cccc(N3CC(=O)NS3(=O)=O)c2)cc1. The van der Waals surface area contributed by atoms with Crippen LogP contribution in [0.2, 0.25) is 15.1 Å². The molecule has 1 aliphatic heterocycles. The maximum atomic E-state index is 12.6. The van der Waals surface area contributed by atoms with Crippen LogP contribution in [0.25, 0.3) is 22.5 Å². The van der Waals surface area contributed by atoms with Gasteiger partial charge in [-0.25, -0.2) is 14.0 Å². The van der Waals surface area contributed by atoms with E-state index in [0.29, 0.717) is 55.9 Å². The number of benzene rings is 3. The summed E-state index contributed by atoms with van der Waals surface area (Å²) >= 11 is 19.4. The van der Waals surface area contributed by atoms with Gasteiger partial charge in [-0.3, -0.25) is 4.79 Å². The van der Waals surface area contributed by atoms with Gasteiger partial charge in [-0.1, -0.05) is 109 Å². The van der Waals surface area contributed by atoms with Crippen LogP contribution in [0.1, 0.15) is 56.0 Å². The number of rotatable bonds is 9. The molecule has 248 valence electrons. The second-order valence-corrected chi connectivity index (χ2v) is 14.9. The topological polar surface area (TPSA) is 84.3 Å². The molecule has 0 bridgehead atoms. The van der Waals surface area contributed by atoms with E-state index in [-0.39, 0.29) is 6.54 Å². The molecule has 11 heteroatoms. The Morgan fingerprint density at radius 3 is 2.31 bits per heavy atom. The van der Waals surface area contributed by atoms with Crippen molar-refractivity contribution in [1.82, 2.24) is 14.3 Å². The summed E-state index contributed by atoms with van der Waals surface area (Å²) in [7, 11) is -3.98. The Bertz CT molecular complexity index is 2020. The number of anilines is 1. The van der Waals surface area contributed by atoms with Gasteiger partial charge in [0, 0.05) is 28.9 Å². The summed E-state index contributed by atoms with van der Waals surface area (Å²) in [6.45, 7) is 6.13. The Labute approximate surface area is 296 Å². The third-order valence-corrected chi connectivity index (χ3v) is 11.1. The van der Waals surface area contributed by atoms with Crippen LogP contribution in [-0.2, 0) is 21.4 Å². The van der Waals surface area contributed by atoms with E-state index in [1.807, 2.05) is 21.6 Å². The second-order valence-electron chi connectivity index (χ2n) is 12.1. The Morgan fingerprint density at radius 2 is 1.67 bits per heavy atom. The van der Waals surface area contributed by atoms with Crippen LogP contribution in [0.3, 0.4) is 0 Å². The Balaban J connectivity index is 1.31. The molecule has 1 aliphatic carbocycles. The molecule has 6 rings (SSSR count). The highest BCUT2D eigenvalue weighted by Crippen LogP contribution is 2.38. The number of hydrogen-bond acceptors (Lipinski definition) is 4. The van der Waals surface area contributed by atoms with E-state index in [1.165, 1.54) is 37.7 Å². The summed E-state index contributed by atoms with van der Waals surface area (Å²) in [5.41, 5.74) is 6.40. The van der Waals surface area contributed by atoms with Crippen LogP contribution in [0.15, 0.2) is 97.2 Å². The molecule has 1 N–H and O–H groups in total. The lowest BCUT2D eigenvalue weighted by Gasteiger charge is -2.22. The van der Waals surface area contributed by atoms with E-state index in [2.05, 4.69) is 56.0 Å². The molecule has 2 heterocycles. The fourth-order valence-corrected chi connectivity index (χ4v) is 8.52. The summed E-state index contributed by atoms with van der Waals surface area (Å²) in [5.74, 6) is 0.701. The summed E-state index contributed by atoms with van der Waals surface area (Å²) < 4.78 is 30.1. The van der Waals surface area contributed by atoms with Gasteiger partial charge < -0.3 is 4.57 Å². The molecule has 4 aromatic rings. The van der Waals surface area contributed by atoms with Crippen molar-refractivity contribution in [2.75, 3.05) is 10.8 Å². The van der Waals surface area contributed by atoms with Gasteiger partial charge in [0.15, 0.2) is 0 Å². The average Bonchev–Trinajstić information content (AvgIpc) is 3.59. The molecule has 3 aromatic carbocycles. The number of hydrogen-bond donors (Lipinski definition) is 1. The molecule has 1 saturated carbocycles. The van der Waals surface area contributed by atoms with Crippen molar-refractivity contribution >= 4 is 62.2 Å². The van der Waals surface area contributed by atoms with E-state index >= 15 is 0 Å². The van der Waals surface area contributed by atoms with Crippen LogP contribution >= 0.6 is 34.8 Å². The minimum absolute atomic E-state index is 0.298. The molecule has 48 heavy (non-hydrogen) atoms. The number of nitrogens with zero attached hydrogens (tertiary/aromatic N) is 3. The van der Waals surface area contributed by atoms with Crippen molar-refractivity contribution < 1.29 is 13.2 Å². The lowest BCUT2D eigenvalue weighted by Crippen LogP contribution is -2.29. The predicted octanol–water partition coefficient (Wildman–Crippen LogP) is 9.37. The summed E-state index contributed by atoms with van der Waals surface area (Å²) in [6, 6.07) is 18.4. The minimum atomic E-state index is -3.98. The first-order valence-corrected chi connectivity index (χ1v) is 18.4. The molecular formula is C37H35Cl3N4O3S. The Hall–Kier alpha value is -3.82. The number of amides is 1. The molecule has 2 aliphatic rings. The zero-order valence-electron chi connectivity index (χ0n) is 26.4. The van der Waals surface area contributed by atoms with E-state index in [4.69, 9.17) is 39.8 Å². The number of nitrogens with one attached hydrogen (secondary N) is 1. The number of halogens is 3. The number of carbonyl (C=O) groups is 1. The van der Waals surface area contributed by atoms with Gasteiger partial charge in [-0.2, -0.15) is 8.42 Å². The van der Waals surface area contributed by atoms with Crippen molar-refractivity contribution in [2.24, 2.45) is 5.92 Å². The molecule has 0 spiro atoms. The molecule has 2 fully saturated rings. The fraction of sp³-hybridized carbons (Fsp3) is 0.243. The highest BCUT2D eigenvalue weighted by molar-refractivity contribution is 7.92. The maximum Gasteiger partial charge on any atom is 0.326 e. The van der Waals surface area contributed by atoms with Gasteiger partial charge in [0.1, 0.15) is 12.4 Å². The molecule has 0 atom stereocenters. The number of allylic oxidation sites excluding steroid dienone is 5. The molecule has 0 radical (unpaired) electrons. The van der Waals surface area contributed by atoms with Crippen LogP contribution < -0.4 is 9.03 Å². The lowest BCUT2D eigenvalue weighted by molar-refractivity contribution is -0.117. The van der Waals surface area contributed by atoms with E-state index < -0.39 is 16.1 Å². The standard InChI is InChI=1S/C37H35Cl3N4O3S/c1-3-26(28-8-5-4-6-9-28)15-12-24(2)27-16-13-25(14-17-27)18-35-41-34(37-32(39)19-29(38)20-33(37)40)22-43(35)30-10-7-11-31(21-30)44-23-36(45)42-48(44,46)47/h3,7,10-17,19-22,28H,2,4-6,8-9,18,23H2,1H3,(H,42,45)/b15-12-,26-3+. The number of aromatic nitrogens is 2. The molecular weight excluding hydrogens is 687 g/mol. The van der Waals surface area contributed by atoms with Crippen LogP contribution in [0, 0.1) is 5.92 Å². The number of carbonyl (C=O) groups excluding carboxylic acids is 1. The maximum absolute atomic E-state index is 12.6. The third kappa shape index (κ3) is 7.42. The van der Waals surface area contributed by atoms with E-state index in [9.17, 15) is 13.2 Å². The monoisotopic (exact) mass is 720 g/mol. The Morgan fingerprint density at radius 1 is 0.979 bits per heavy atom. The summed E-state index contributed by atoms with van der Waals surface area (Å²) in [6.07, 6.45) is 15.2. The van der Waals surface area contributed by atoms with E-state index in [1.54, 1.807) is 30.3 Å². The Kier molecular flexibility index (Phi) is 10.2. The average molecular weight is 722 g/mol. The van der Waals surface area contributed by atoms with Gasteiger partial charge in [0.2, 0.25) is 0 Å². The lowest BCUT2D eigenvalue weighted by atomic mass is 9.83. The summed E-state index contributed by atoms with van der Waals surface area (Å²) in [4.78, 5) is 16.9. The molecule has 0 unspecified atom stereocenters. The van der Waals surface area contributed by atoms with Crippen molar-refractivity contribution in [2.45, 2.75) is 45.4 Å². The van der Waals surface area contributed by atoms with Gasteiger partial charge in [-0.05, 0) is 78.3 Å². The zero-order chi connectivity index (χ0) is 34.0. The fourth-order valence-electron chi connectivity index (χ4n) is 6.37. The van der Waals surface area contributed by atoms with Gasteiger partial charge in [0.05, 0.1) is 21.4 Å². The first-order valence-electron chi connectivity index (χ1n) is 15.8. The molecule has 1 saturated heterocycles. The normalized spacial score (nSPS) is 16.9. The first kappa shape index (κ1) is 34.1. The van der Waals surface area contributed by atoms with Gasteiger partial charge >= 0.3 is 10.2 Å². The smallest absolute Gasteiger partial charge is 0.303 e. The molecule has 1 aromatic heterocycles. The molecule has 1 amide bonds. The van der Waals surface area contributed by atoms with Gasteiger partial charge in [0.25, 0.3) is 5.91 Å². The van der Waals surface area contributed by atoms with Gasteiger partial charge in [-0.15, -0.1) is 0 Å². The zero-order valence-corrected chi connectivity index (χ0v) is 29.5. The quantitative estimate of drug-likeness (QED) is 0.175. The van der Waals surface area contributed by atoms with Crippen molar-refractivity contribution in [3.8, 4) is 16.9 Å². The first-order chi connectivity index (χ1) is 23.0. The second kappa shape index (κ2) is 14.3. The highest BCUT2D eigenvalue weighted by atomic mass is 35.5. The van der Waals surface area contributed by atoms with Crippen molar-refractivity contribution in [3.63, 3.8) is 0 Å². The predicted molar refractivity (Wildman–Crippen MR) is 196 cm³/mol. The van der Waals surface area contributed by atoms with Crippen molar-refractivity contribution in [1.29, 1.82) is 0 Å². The minimum Gasteiger partial charge on any atom is -0.303 e. The van der Waals surface area contributed by atoms with Crippen LogP contribution in [0.4, 0.5) is 5.69 Å². The number of imidazole rings is 1. The van der Waals surface area contributed by atoms with Crippen molar-refractivity contribution in [3.05, 3.63) is 129 Å². The largest absolute Gasteiger partial charge is 0.326 e. The summed E-state index contributed by atoms with van der Waals surface area (Å²) in [5, 5.41) is 1.11. The van der Waals surface area contributed by atoms with E-state index in [0.717, 1.165) is 21.0 Å².